The van der Waals surface area contributed by atoms with Crippen LogP contribution in [0.3, 0.4) is 0 Å². The molecule has 0 spiro atoms. The number of hydrogen-bond donors (Lipinski definition) is 0. The quantitative estimate of drug-likeness (QED) is 0.213. The van der Waals surface area contributed by atoms with E-state index in [0.29, 0.717) is 0 Å². The second kappa shape index (κ2) is 72.4. The number of rotatable bonds is 0. The van der Waals surface area contributed by atoms with Crippen molar-refractivity contribution in [2.75, 3.05) is 0 Å². The highest BCUT2D eigenvalue weighted by molar-refractivity contribution is 5.10. The first-order chi connectivity index (χ1) is 29.2. The van der Waals surface area contributed by atoms with Crippen LogP contribution in [0.4, 0.5) is 0 Å². The summed E-state index contributed by atoms with van der Waals surface area (Å²) < 4.78 is 0. The van der Waals surface area contributed by atoms with Gasteiger partial charge in [-0.25, -0.2) is 0 Å². The van der Waals surface area contributed by atoms with E-state index in [1.165, 1.54) is 128 Å². The summed E-state index contributed by atoms with van der Waals surface area (Å²) >= 11 is 0. The van der Waals surface area contributed by atoms with Gasteiger partial charge in [0, 0.05) is 0 Å². The van der Waals surface area contributed by atoms with Crippen molar-refractivity contribution in [2.45, 2.75) is 295 Å². The maximum Gasteiger partial charge on any atom is -0.00815 e. The van der Waals surface area contributed by atoms with Gasteiger partial charge in [-0.3, -0.25) is 0 Å². The van der Waals surface area contributed by atoms with Gasteiger partial charge < -0.3 is 0 Å². The third-order valence-electron chi connectivity index (χ3n) is 10.1. The average Bonchev–Trinajstić information content (AvgIpc) is 4.17. The van der Waals surface area contributed by atoms with Gasteiger partial charge in [0.25, 0.3) is 0 Å². The van der Waals surface area contributed by atoms with Gasteiger partial charge in [-0.05, 0) is 85.9 Å². The molecule has 4 saturated carbocycles. The van der Waals surface area contributed by atoms with E-state index in [4.69, 9.17) is 0 Å². The first kappa shape index (κ1) is 76.3. The lowest BCUT2D eigenvalue weighted by molar-refractivity contribution is 0.346. The summed E-state index contributed by atoms with van der Waals surface area (Å²) in [4.78, 5) is 0. The van der Waals surface area contributed by atoms with E-state index in [1.54, 1.807) is 0 Å². The zero-order valence-corrected chi connectivity index (χ0v) is 47.4. The van der Waals surface area contributed by atoms with Crippen LogP contribution in [0.2, 0.25) is 0 Å². The van der Waals surface area contributed by atoms with Crippen LogP contribution in [0.15, 0.2) is 48.6 Å². The lowest BCUT2D eigenvalue weighted by Crippen LogP contribution is -2.04. The van der Waals surface area contributed by atoms with Crippen LogP contribution in [-0.4, -0.2) is 0 Å². The molecule has 0 bridgehead atoms. The summed E-state index contributed by atoms with van der Waals surface area (Å²) in [5.74, 6) is 7.83. The molecule has 0 saturated heterocycles. The molecule has 0 aliphatic heterocycles. The Bertz CT molecular complexity index is 718. The molecule has 2 atom stereocenters. The topological polar surface area (TPSA) is 0 Å². The highest BCUT2D eigenvalue weighted by Crippen LogP contribution is 2.27. The third-order valence-corrected chi connectivity index (χ3v) is 10.1. The Hall–Kier alpha value is -1.04. The van der Waals surface area contributed by atoms with Gasteiger partial charge in [0.05, 0.1) is 0 Å². The molecule has 0 amide bonds. The molecule has 0 heterocycles. The molecule has 0 heteroatoms. The highest BCUT2D eigenvalue weighted by Gasteiger charge is 2.12. The van der Waals surface area contributed by atoms with Gasteiger partial charge in [-0.2, -0.15) is 0 Å². The van der Waals surface area contributed by atoms with Crippen molar-refractivity contribution in [2.24, 2.45) is 47.3 Å². The largest absolute Gasteiger partial charge is 0.0885 e. The Kier molecular flexibility index (Phi) is 92.0. The van der Waals surface area contributed by atoms with Gasteiger partial charge in [0.2, 0.25) is 0 Å². The fourth-order valence-electron chi connectivity index (χ4n) is 5.43. The molecular weight excluding hydrogens is 721 g/mol. The number of allylic oxidation sites excluding steroid dienone is 8. The Morgan fingerprint density at radius 2 is 0.517 bits per heavy atom. The van der Waals surface area contributed by atoms with Crippen LogP contribution in [0.25, 0.3) is 0 Å². The first-order valence-corrected chi connectivity index (χ1v) is 27.8. The minimum atomic E-state index is 0.833. The number of hydrogen-bond acceptors (Lipinski definition) is 0. The van der Waals surface area contributed by atoms with E-state index in [9.17, 15) is 0 Å². The smallest absolute Gasteiger partial charge is 0.00815 e. The highest BCUT2D eigenvalue weighted by atomic mass is 14.2. The van der Waals surface area contributed by atoms with Crippen LogP contribution in [-0.2, 0) is 0 Å². The van der Waals surface area contributed by atoms with Crippen molar-refractivity contribution in [1.29, 1.82) is 0 Å². The predicted molar refractivity (Wildman–Crippen MR) is 293 cm³/mol. The zero-order valence-electron chi connectivity index (χ0n) is 47.4. The maximum absolute atomic E-state index is 2.36. The van der Waals surface area contributed by atoms with E-state index in [0.717, 1.165) is 47.3 Å². The van der Waals surface area contributed by atoms with Crippen LogP contribution < -0.4 is 0 Å². The molecule has 0 nitrogen and oxygen atoms in total. The minimum absolute atomic E-state index is 0.833. The van der Waals surface area contributed by atoms with E-state index in [2.05, 4.69) is 104 Å². The van der Waals surface area contributed by atoms with Gasteiger partial charge in [0.1, 0.15) is 0 Å². The fraction of sp³-hybridized carbons (Fsp3) is 0.867. The molecule has 8 rings (SSSR count). The van der Waals surface area contributed by atoms with E-state index in [-0.39, 0.29) is 0 Å². The Balaban J connectivity index is -0.0000000822. The standard InChI is InChI=1S/C7H14.C7H12.C6H12.C6H10.C5H10.C5H8.C4H8.C4H6.8C2H6/c2*1-7-5-3-2-4-6-7;2*1-6-4-2-3-5-6;2*1-5-3-2-4-5;2*1-4-2-3-4;8*1-2/h7H,2-6H2,1H3;2-3,7H,4-6H2,1H3;6H,2-5H2,1H3;2-3,6H,4-5H2,1H3;5H,2-4H2,1H3;2-3,5H,4H2,1H3;4H,2-3H2,1H3;2-4H,1H3;8*1-2H3. The summed E-state index contributed by atoms with van der Waals surface area (Å²) in [5.41, 5.74) is 0. The summed E-state index contributed by atoms with van der Waals surface area (Å²) in [6, 6.07) is 0. The minimum Gasteiger partial charge on any atom is -0.0885 e. The van der Waals surface area contributed by atoms with Gasteiger partial charge >= 0.3 is 0 Å². The maximum atomic E-state index is 2.36. The fourth-order valence-corrected chi connectivity index (χ4v) is 5.43. The van der Waals surface area contributed by atoms with Crippen molar-refractivity contribution in [1.82, 2.24) is 0 Å². The Morgan fingerprint density at radius 1 is 0.250 bits per heavy atom. The third kappa shape index (κ3) is 80.9. The molecule has 0 aromatic heterocycles. The molecule has 0 aromatic carbocycles. The lowest BCUT2D eigenvalue weighted by atomic mass is 9.88. The summed E-state index contributed by atoms with van der Waals surface area (Å²) in [7, 11) is 0. The van der Waals surface area contributed by atoms with Crippen molar-refractivity contribution >= 4 is 0 Å². The molecule has 4 fully saturated rings. The molecule has 0 aromatic rings. The van der Waals surface area contributed by atoms with Crippen LogP contribution in [0.1, 0.15) is 295 Å². The van der Waals surface area contributed by atoms with E-state index in [1.807, 2.05) is 111 Å². The second-order valence-electron chi connectivity index (χ2n) is 16.2. The Morgan fingerprint density at radius 3 is 0.600 bits per heavy atom. The molecule has 368 valence electrons. The second-order valence-corrected chi connectivity index (χ2v) is 16.2. The molecule has 8 aliphatic rings. The molecule has 60 heavy (non-hydrogen) atoms. The van der Waals surface area contributed by atoms with E-state index < -0.39 is 0 Å². The summed E-state index contributed by atoms with van der Waals surface area (Å²) in [6.45, 7) is 50.3. The molecule has 0 radical (unpaired) electrons. The zero-order chi connectivity index (χ0) is 48.4. The van der Waals surface area contributed by atoms with Crippen molar-refractivity contribution in [3.05, 3.63) is 48.6 Å². The molecule has 8 aliphatic carbocycles. The predicted octanol–water partition coefficient (Wildman–Crippen LogP) is 23.3. The summed E-state index contributed by atoms with van der Waals surface area (Å²) in [5, 5.41) is 0. The van der Waals surface area contributed by atoms with Crippen molar-refractivity contribution < 1.29 is 0 Å². The van der Waals surface area contributed by atoms with Crippen LogP contribution in [0.5, 0.6) is 0 Å². The first-order valence-electron chi connectivity index (χ1n) is 27.8. The monoisotopic (exact) mass is 849 g/mol. The van der Waals surface area contributed by atoms with Gasteiger partial charge in [-0.15, -0.1) is 0 Å². The summed E-state index contributed by atoms with van der Waals surface area (Å²) in [6.07, 6.45) is 46.6. The molecular formula is C60H128. The SMILES string of the molecule is CC.CC.CC.CC.CC.CC.CC.CC.CC1C=C1.CC1C=CC1.CC1CC1.CC1CC=CC1.CC1CC=CCC1.CC1CCC1.CC1CCCC1.CC1CCCCC1. The lowest BCUT2D eigenvalue weighted by Gasteiger charge is -2.18. The van der Waals surface area contributed by atoms with Gasteiger partial charge in [0.15, 0.2) is 0 Å². The van der Waals surface area contributed by atoms with E-state index >= 15 is 0 Å². The van der Waals surface area contributed by atoms with Crippen LogP contribution in [0, 0.1) is 47.3 Å². The van der Waals surface area contributed by atoms with Crippen molar-refractivity contribution in [3.63, 3.8) is 0 Å². The van der Waals surface area contributed by atoms with Crippen molar-refractivity contribution in [3.8, 4) is 0 Å². The van der Waals surface area contributed by atoms with Crippen LogP contribution >= 0.6 is 0 Å². The van der Waals surface area contributed by atoms with Gasteiger partial charge in [-0.1, -0.05) is 305 Å². The average molecular weight is 850 g/mol. The Labute approximate surface area is 389 Å². The molecule has 0 N–H and O–H groups in total. The normalized spacial score (nSPS) is 20.3. The molecule has 2 unspecified atom stereocenters.